The molecule has 0 bridgehead atoms. The first-order chi connectivity index (χ1) is 10.5. The highest BCUT2D eigenvalue weighted by Gasteiger charge is 2.12. The molecule has 0 spiro atoms. The lowest BCUT2D eigenvalue weighted by Crippen LogP contribution is -2.33. The molecule has 2 aromatic carbocycles. The average molecular weight is 302 g/mol. The summed E-state index contributed by atoms with van der Waals surface area (Å²) in [5.74, 6) is -2.46. The normalized spacial score (nSPS) is 10.1. The quantitative estimate of drug-likeness (QED) is 0.810. The average Bonchev–Trinajstić information content (AvgIpc) is 2.49. The topological polar surface area (TPSA) is 78.4 Å². The zero-order valence-electron chi connectivity index (χ0n) is 11.9. The van der Waals surface area contributed by atoms with Gasteiger partial charge in [-0.25, -0.2) is 4.39 Å². The number of hydrogen-bond donors (Lipinski definition) is 3. The Morgan fingerprint density at radius 2 is 1.91 bits per heavy atom. The van der Waals surface area contributed by atoms with Crippen molar-refractivity contribution in [3.8, 4) is 5.75 Å². The summed E-state index contributed by atoms with van der Waals surface area (Å²) in [6.07, 6.45) is 0. The van der Waals surface area contributed by atoms with Gasteiger partial charge < -0.3 is 15.7 Å². The second-order valence-corrected chi connectivity index (χ2v) is 4.74. The third-order valence-corrected chi connectivity index (χ3v) is 2.94. The lowest BCUT2D eigenvalue weighted by molar-refractivity contribution is -0.115. The van der Waals surface area contributed by atoms with Crippen molar-refractivity contribution in [3.05, 3.63) is 59.4 Å². The van der Waals surface area contributed by atoms with Crippen molar-refractivity contribution < 1.29 is 19.1 Å². The number of carbonyl (C=O) groups excluding carboxylic acids is 2. The van der Waals surface area contributed by atoms with Gasteiger partial charge in [-0.2, -0.15) is 0 Å². The van der Waals surface area contributed by atoms with Crippen molar-refractivity contribution in [1.29, 1.82) is 0 Å². The molecule has 0 atom stereocenters. The molecule has 3 N–H and O–H groups in total. The maximum absolute atomic E-state index is 13.5. The molecule has 0 aliphatic rings. The lowest BCUT2D eigenvalue weighted by Gasteiger charge is -2.08. The Morgan fingerprint density at radius 3 is 2.64 bits per heavy atom. The fourth-order valence-corrected chi connectivity index (χ4v) is 1.86. The number of carbonyl (C=O) groups is 2. The van der Waals surface area contributed by atoms with E-state index in [-0.39, 0.29) is 12.2 Å². The molecule has 0 saturated heterocycles. The van der Waals surface area contributed by atoms with Crippen LogP contribution in [0.4, 0.5) is 10.1 Å². The molecule has 0 unspecified atom stereocenters. The summed E-state index contributed by atoms with van der Waals surface area (Å²) in [6.45, 7) is 1.55. The van der Waals surface area contributed by atoms with Crippen LogP contribution in [-0.4, -0.2) is 23.5 Å². The van der Waals surface area contributed by atoms with Crippen molar-refractivity contribution in [2.45, 2.75) is 6.92 Å². The minimum atomic E-state index is -0.916. The van der Waals surface area contributed by atoms with Crippen molar-refractivity contribution in [2.75, 3.05) is 11.9 Å². The number of aryl methyl sites for hydroxylation is 1. The lowest BCUT2D eigenvalue weighted by atomic mass is 10.1. The highest BCUT2D eigenvalue weighted by Crippen LogP contribution is 2.22. The highest BCUT2D eigenvalue weighted by atomic mass is 19.1. The van der Waals surface area contributed by atoms with Crippen LogP contribution in [0, 0.1) is 12.7 Å². The van der Waals surface area contributed by atoms with Gasteiger partial charge in [0.15, 0.2) is 11.6 Å². The van der Waals surface area contributed by atoms with Crippen LogP contribution < -0.4 is 10.6 Å². The van der Waals surface area contributed by atoms with E-state index < -0.39 is 23.4 Å². The number of phenolic OH excluding ortho intramolecular Hbond substituents is 1. The number of nitrogens with one attached hydrogen (secondary N) is 2. The first-order valence-electron chi connectivity index (χ1n) is 6.59. The molecular weight excluding hydrogens is 287 g/mol. The minimum absolute atomic E-state index is 0.144. The maximum Gasteiger partial charge on any atom is 0.251 e. The minimum Gasteiger partial charge on any atom is -0.505 e. The van der Waals surface area contributed by atoms with Gasteiger partial charge in [0, 0.05) is 5.56 Å². The van der Waals surface area contributed by atoms with Crippen molar-refractivity contribution in [2.24, 2.45) is 0 Å². The number of rotatable bonds is 4. The zero-order chi connectivity index (χ0) is 16.1. The SMILES string of the molecule is Cc1cccc(C(=O)NCC(=O)Nc2cccc(O)c2F)c1. The first kappa shape index (κ1) is 15.5. The smallest absolute Gasteiger partial charge is 0.251 e. The number of aromatic hydroxyl groups is 1. The first-order valence-corrected chi connectivity index (χ1v) is 6.59. The fourth-order valence-electron chi connectivity index (χ4n) is 1.86. The number of benzene rings is 2. The Morgan fingerprint density at radius 1 is 1.18 bits per heavy atom. The molecule has 114 valence electrons. The summed E-state index contributed by atoms with van der Waals surface area (Å²) in [6, 6.07) is 10.8. The van der Waals surface area contributed by atoms with Crippen LogP contribution in [0.5, 0.6) is 5.75 Å². The number of amides is 2. The molecule has 0 saturated carbocycles. The summed E-state index contributed by atoms with van der Waals surface area (Å²) in [7, 11) is 0. The molecular formula is C16H15FN2O3. The molecule has 0 aliphatic heterocycles. The molecule has 0 fully saturated rings. The van der Waals surface area contributed by atoms with Crippen LogP contribution in [0.3, 0.4) is 0 Å². The van der Waals surface area contributed by atoms with Crippen LogP contribution in [0.2, 0.25) is 0 Å². The summed E-state index contributed by atoms with van der Waals surface area (Å²) >= 11 is 0. The standard InChI is InChI=1S/C16H15FN2O3/c1-10-4-2-5-11(8-10)16(22)18-9-14(21)19-12-6-3-7-13(20)15(12)17/h2-8,20H,9H2,1H3,(H,18,22)(H,19,21). The van der Waals surface area contributed by atoms with Gasteiger partial charge in [-0.3, -0.25) is 9.59 Å². The van der Waals surface area contributed by atoms with E-state index in [4.69, 9.17) is 0 Å². The molecule has 2 rings (SSSR count). The molecule has 0 heterocycles. The van der Waals surface area contributed by atoms with E-state index in [1.54, 1.807) is 18.2 Å². The van der Waals surface area contributed by atoms with Crippen molar-refractivity contribution in [1.82, 2.24) is 5.32 Å². The molecule has 2 amide bonds. The Balaban J connectivity index is 1.93. The molecule has 0 aromatic heterocycles. The largest absolute Gasteiger partial charge is 0.505 e. The predicted molar refractivity (Wildman–Crippen MR) is 80.2 cm³/mol. The monoisotopic (exact) mass is 302 g/mol. The second kappa shape index (κ2) is 6.71. The Hall–Kier alpha value is -2.89. The van der Waals surface area contributed by atoms with Crippen molar-refractivity contribution >= 4 is 17.5 Å². The van der Waals surface area contributed by atoms with Gasteiger partial charge >= 0.3 is 0 Å². The van der Waals surface area contributed by atoms with Crippen LogP contribution in [0.15, 0.2) is 42.5 Å². The van der Waals surface area contributed by atoms with Crippen molar-refractivity contribution in [3.63, 3.8) is 0 Å². The number of anilines is 1. The maximum atomic E-state index is 13.5. The number of hydrogen-bond acceptors (Lipinski definition) is 3. The third-order valence-electron chi connectivity index (χ3n) is 2.94. The summed E-state index contributed by atoms with van der Waals surface area (Å²) < 4.78 is 13.5. The summed E-state index contributed by atoms with van der Waals surface area (Å²) in [5.41, 5.74) is 1.23. The number of phenols is 1. The van der Waals surface area contributed by atoms with Crippen LogP contribution >= 0.6 is 0 Å². The van der Waals surface area contributed by atoms with E-state index >= 15 is 0 Å². The van der Waals surface area contributed by atoms with E-state index in [1.807, 2.05) is 13.0 Å². The van der Waals surface area contributed by atoms with Crippen LogP contribution in [-0.2, 0) is 4.79 Å². The Kier molecular flexibility index (Phi) is 4.73. The molecule has 22 heavy (non-hydrogen) atoms. The van der Waals surface area contributed by atoms with Gasteiger partial charge in [0.25, 0.3) is 5.91 Å². The van der Waals surface area contributed by atoms with E-state index in [9.17, 15) is 19.1 Å². The Labute approximate surface area is 126 Å². The zero-order valence-corrected chi connectivity index (χ0v) is 11.9. The van der Waals surface area contributed by atoms with E-state index in [2.05, 4.69) is 10.6 Å². The number of halogens is 1. The molecule has 5 nitrogen and oxygen atoms in total. The van der Waals surface area contributed by atoms with E-state index in [0.29, 0.717) is 5.56 Å². The Bertz CT molecular complexity index is 716. The van der Waals surface area contributed by atoms with Gasteiger partial charge in [-0.15, -0.1) is 0 Å². The second-order valence-electron chi connectivity index (χ2n) is 4.74. The van der Waals surface area contributed by atoms with E-state index in [0.717, 1.165) is 5.56 Å². The highest BCUT2D eigenvalue weighted by molar-refractivity contribution is 5.99. The van der Waals surface area contributed by atoms with Gasteiger partial charge in [-0.1, -0.05) is 23.8 Å². The molecule has 0 radical (unpaired) electrons. The van der Waals surface area contributed by atoms with E-state index in [1.165, 1.54) is 18.2 Å². The van der Waals surface area contributed by atoms with Crippen LogP contribution in [0.25, 0.3) is 0 Å². The fraction of sp³-hybridized carbons (Fsp3) is 0.125. The van der Waals surface area contributed by atoms with Crippen LogP contribution in [0.1, 0.15) is 15.9 Å². The van der Waals surface area contributed by atoms with Gasteiger partial charge in [0.1, 0.15) is 0 Å². The molecule has 0 aliphatic carbocycles. The molecule has 2 aromatic rings. The van der Waals surface area contributed by atoms with Gasteiger partial charge in [0.2, 0.25) is 5.91 Å². The van der Waals surface area contributed by atoms with Gasteiger partial charge in [0.05, 0.1) is 12.2 Å². The molecule has 6 heteroatoms. The van der Waals surface area contributed by atoms with Gasteiger partial charge in [-0.05, 0) is 31.2 Å². The predicted octanol–water partition coefficient (Wildman–Crippen LogP) is 2.21. The summed E-state index contributed by atoms with van der Waals surface area (Å²) in [4.78, 5) is 23.6. The summed E-state index contributed by atoms with van der Waals surface area (Å²) in [5, 5.41) is 13.9. The third kappa shape index (κ3) is 3.82.